The molecule has 0 saturated carbocycles. The van der Waals surface area contributed by atoms with Crippen molar-refractivity contribution >= 4 is 29.9 Å². The van der Waals surface area contributed by atoms with Crippen LogP contribution in [0.4, 0.5) is 0 Å². The summed E-state index contributed by atoms with van der Waals surface area (Å²) in [7, 11) is 3.97. The van der Waals surface area contributed by atoms with Crippen molar-refractivity contribution in [2.24, 2.45) is 4.99 Å². The van der Waals surface area contributed by atoms with Crippen molar-refractivity contribution in [3.05, 3.63) is 0 Å². The van der Waals surface area contributed by atoms with E-state index in [1.807, 2.05) is 7.05 Å². The molecule has 0 saturated heterocycles. The van der Waals surface area contributed by atoms with E-state index in [0.717, 1.165) is 25.6 Å². The zero-order chi connectivity index (χ0) is 13.8. The van der Waals surface area contributed by atoms with Crippen LogP contribution in [0.15, 0.2) is 4.99 Å². The van der Waals surface area contributed by atoms with Crippen molar-refractivity contribution in [3.8, 4) is 0 Å². The number of guanidine groups is 1. The Balaban J connectivity index is 0. The molecule has 19 heavy (non-hydrogen) atoms. The van der Waals surface area contributed by atoms with E-state index < -0.39 is 0 Å². The monoisotopic (exact) mass is 384 g/mol. The van der Waals surface area contributed by atoms with Gasteiger partial charge in [0.25, 0.3) is 0 Å². The summed E-state index contributed by atoms with van der Waals surface area (Å²) in [6, 6.07) is 0.593. The van der Waals surface area contributed by atoms with E-state index >= 15 is 0 Å². The molecule has 0 aromatic carbocycles. The van der Waals surface area contributed by atoms with E-state index in [1.54, 1.807) is 0 Å². The molecular weight excluding hydrogens is 351 g/mol. The Kier molecular flexibility index (Phi) is 16.1. The number of unbranched alkanes of at least 4 members (excludes halogenated alkanes) is 3. The first-order valence-corrected chi connectivity index (χ1v) is 7.26. The summed E-state index contributed by atoms with van der Waals surface area (Å²) in [6.07, 6.45) is 5.14. The fourth-order valence-corrected chi connectivity index (χ4v) is 1.59. The van der Waals surface area contributed by atoms with Gasteiger partial charge in [0.15, 0.2) is 5.96 Å². The topological polar surface area (TPSA) is 39.7 Å². The lowest BCUT2D eigenvalue weighted by Crippen LogP contribution is -2.42. The van der Waals surface area contributed by atoms with Crippen LogP contribution in [-0.2, 0) is 0 Å². The second-order valence-electron chi connectivity index (χ2n) is 5.06. The van der Waals surface area contributed by atoms with Gasteiger partial charge in [-0.25, -0.2) is 0 Å². The Bertz CT molecular complexity index is 219. The van der Waals surface area contributed by atoms with Crippen LogP contribution in [0.1, 0.15) is 46.5 Å². The number of hydrogen-bond acceptors (Lipinski definition) is 2. The van der Waals surface area contributed by atoms with Gasteiger partial charge in [-0.3, -0.25) is 4.99 Å². The molecule has 0 radical (unpaired) electrons. The molecule has 0 heterocycles. The molecule has 0 unspecified atom stereocenters. The number of hydrogen-bond donors (Lipinski definition) is 2. The number of rotatable bonds is 9. The van der Waals surface area contributed by atoms with Crippen LogP contribution in [0, 0.1) is 0 Å². The van der Waals surface area contributed by atoms with E-state index in [9.17, 15) is 0 Å². The summed E-state index contributed by atoms with van der Waals surface area (Å²) < 4.78 is 0. The van der Waals surface area contributed by atoms with Gasteiger partial charge in [-0.05, 0) is 27.3 Å². The summed E-state index contributed by atoms with van der Waals surface area (Å²) in [6.45, 7) is 9.64. The number of likely N-dealkylation sites (N-methyl/N-ethyl adjacent to an activating group) is 1. The first-order chi connectivity index (χ1) is 8.61. The van der Waals surface area contributed by atoms with Gasteiger partial charge in [0, 0.05) is 32.7 Å². The second-order valence-corrected chi connectivity index (χ2v) is 5.06. The molecule has 0 atom stereocenters. The Morgan fingerprint density at radius 2 is 1.74 bits per heavy atom. The average molecular weight is 384 g/mol. The van der Waals surface area contributed by atoms with Crippen molar-refractivity contribution in [2.75, 3.05) is 33.7 Å². The lowest BCUT2D eigenvalue weighted by molar-refractivity contribution is 0.278. The first-order valence-electron chi connectivity index (χ1n) is 7.26. The largest absolute Gasteiger partial charge is 0.356 e. The fraction of sp³-hybridized carbons (Fsp3) is 0.929. The molecule has 2 N–H and O–H groups in total. The highest BCUT2D eigenvalue weighted by molar-refractivity contribution is 14.0. The molecule has 0 bridgehead atoms. The third-order valence-electron chi connectivity index (χ3n) is 3.18. The molecule has 0 amide bonds. The average Bonchev–Trinajstić information content (AvgIpc) is 2.36. The molecule has 0 aliphatic rings. The van der Waals surface area contributed by atoms with Gasteiger partial charge in [0.05, 0.1) is 0 Å². The van der Waals surface area contributed by atoms with Crippen LogP contribution in [0.2, 0.25) is 0 Å². The summed E-state index contributed by atoms with van der Waals surface area (Å²) in [5.41, 5.74) is 0. The molecule has 0 fully saturated rings. The van der Waals surface area contributed by atoms with Gasteiger partial charge in [-0.1, -0.05) is 26.2 Å². The van der Waals surface area contributed by atoms with E-state index in [4.69, 9.17) is 0 Å². The van der Waals surface area contributed by atoms with Crippen molar-refractivity contribution in [1.29, 1.82) is 0 Å². The summed E-state index contributed by atoms with van der Waals surface area (Å²) >= 11 is 0. The number of aliphatic imine (C=N–C) groups is 1. The predicted octanol–water partition coefficient (Wildman–Crippen LogP) is 2.69. The normalized spacial score (nSPS) is 11.6. The van der Waals surface area contributed by atoms with Crippen molar-refractivity contribution < 1.29 is 0 Å². The molecule has 0 spiro atoms. The predicted molar refractivity (Wildman–Crippen MR) is 96.7 cm³/mol. The third-order valence-corrected chi connectivity index (χ3v) is 3.18. The van der Waals surface area contributed by atoms with Gasteiger partial charge in [-0.2, -0.15) is 0 Å². The first kappa shape index (κ1) is 21.3. The number of nitrogens with one attached hydrogen (secondary N) is 2. The minimum absolute atomic E-state index is 0. The van der Waals surface area contributed by atoms with Gasteiger partial charge in [0.2, 0.25) is 0 Å². The van der Waals surface area contributed by atoms with Gasteiger partial charge in [0.1, 0.15) is 0 Å². The minimum atomic E-state index is 0. The Morgan fingerprint density at radius 3 is 2.26 bits per heavy atom. The quantitative estimate of drug-likeness (QED) is 0.278. The smallest absolute Gasteiger partial charge is 0.191 e. The van der Waals surface area contributed by atoms with E-state index in [-0.39, 0.29) is 24.0 Å². The highest BCUT2D eigenvalue weighted by Crippen LogP contribution is 1.96. The summed E-state index contributed by atoms with van der Waals surface area (Å²) in [5.74, 6) is 0.920. The third kappa shape index (κ3) is 12.7. The highest BCUT2D eigenvalue weighted by atomic mass is 127. The molecule has 0 aliphatic heterocycles. The van der Waals surface area contributed by atoms with Crippen molar-refractivity contribution in [2.45, 2.75) is 52.5 Å². The highest BCUT2D eigenvalue weighted by Gasteiger charge is 2.02. The Morgan fingerprint density at radius 1 is 1.11 bits per heavy atom. The molecule has 0 rings (SSSR count). The second kappa shape index (κ2) is 14.4. The zero-order valence-corrected chi connectivity index (χ0v) is 15.7. The van der Waals surface area contributed by atoms with Gasteiger partial charge >= 0.3 is 0 Å². The van der Waals surface area contributed by atoms with Crippen LogP contribution in [0.25, 0.3) is 0 Å². The number of halogens is 1. The van der Waals surface area contributed by atoms with Crippen LogP contribution in [0.3, 0.4) is 0 Å². The SMILES string of the molecule is CCCCCCNC(=NC)NCCN(C)C(C)C.I. The van der Waals surface area contributed by atoms with Crippen LogP contribution < -0.4 is 10.6 Å². The fourth-order valence-electron chi connectivity index (χ4n) is 1.59. The van der Waals surface area contributed by atoms with E-state index in [1.165, 1.54) is 25.7 Å². The molecule has 4 nitrogen and oxygen atoms in total. The zero-order valence-electron chi connectivity index (χ0n) is 13.3. The Labute approximate surface area is 136 Å². The van der Waals surface area contributed by atoms with Crippen LogP contribution >= 0.6 is 24.0 Å². The maximum atomic E-state index is 4.22. The lowest BCUT2D eigenvalue weighted by Gasteiger charge is -2.21. The maximum Gasteiger partial charge on any atom is 0.191 e. The van der Waals surface area contributed by atoms with Crippen molar-refractivity contribution in [3.63, 3.8) is 0 Å². The van der Waals surface area contributed by atoms with Gasteiger partial charge in [-0.15, -0.1) is 24.0 Å². The molecular formula is C14H33IN4. The summed E-state index contributed by atoms with van der Waals surface area (Å²) in [4.78, 5) is 6.54. The standard InChI is InChI=1S/C14H32N4.HI/c1-6-7-8-9-10-16-14(15-4)17-11-12-18(5)13(2)3;/h13H,6-12H2,1-5H3,(H2,15,16,17);1H. The molecule has 0 aromatic heterocycles. The van der Waals surface area contributed by atoms with E-state index in [2.05, 4.69) is 48.3 Å². The van der Waals surface area contributed by atoms with E-state index in [0.29, 0.717) is 6.04 Å². The lowest BCUT2D eigenvalue weighted by atomic mass is 10.2. The van der Waals surface area contributed by atoms with Crippen molar-refractivity contribution in [1.82, 2.24) is 15.5 Å². The van der Waals surface area contributed by atoms with Gasteiger partial charge < -0.3 is 15.5 Å². The Hall–Kier alpha value is -0.0400. The number of nitrogens with zero attached hydrogens (tertiary/aromatic N) is 2. The summed E-state index contributed by atoms with van der Waals surface area (Å²) in [5, 5.41) is 6.69. The molecule has 5 heteroatoms. The minimum Gasteiger partial charge on any atom is -0.356 e. The molecule has 0 aliphatic carbocycles. The molecule has 0 aromatic rings. The van der Waals surface area contributed by atoms with Crippen LogP contribution in [0.5, 0.6) is 0 Å². The van der Waals surface area contributed by atoms with Crippen LogP contribution in [-0.4, -0.2) is 50.6 Å². The maximum absolute atomic E-state index is 4.22. The molecule has 116 valence electrons.